The Labute approximate surface area is 252 Å². The topological polar surface area (TPSA) is 76.1 Å². The van der Waals surface area contributed by atoms with Crippen LogP contribution in [0.2, 0.25) is 0 Å². The smallest absolute Gasteiger partial charge is 0.226 e. The lowest BCUT2D eigenvalue weighted by Crippen LogP contribution is -2.23. The van der Waals surface area contributed by atoms with Crippen LogP contribution >= 0.6 is 11.3 Å². The number of amides is 1. The lowest BCUT2D eigenvalue weighted by atomic mass is 9.79. The van der Waals surface area contributed by atoms with Gasteiger partial charge >= 0.3 is 0 Å². The SMILES string of the molecule is Cc1ccccc1C(=O)C1CCc2cc(-c3nc(NC(=O)CCC4=CCC(CC(=O)C5CC5)CC4)sc3C)ccc2C1. The van der Waals surface area contributed by atoms with Gasteiger partial charge in [-0.15, -0.1) is 11.3 Å². The quantitative estimate of drug-likeness (QED) is 0.194. The van der Waals surface area contributed by atoms with E-state index in [1.165, 1.54) is 28.0 Å². The molecule has 0 aliphatic heterocycles. The number of aryl methyl sites for hydroxylation is 3. The fourth-order valence-electron chi connectivity index (χ4n) is 6.58. The van der Waals surface area contributed by atoms with E-state index in [1.54, 1.807) is 0 Å². The minimum absolute atomic E-state index is 0.00274. The summed E-state index contributed by atoms with van der Waals surface area (Å²) in [4.78, 5) is 44.0. The summed E-state index contributed by atoms with van der Waals surface area (Å²) in [5.74, 6) is 1.58. The maximum Gasteiger partial charge on any atom is 0.226 e. The van der Waals surface area contributed by atoms with Gasteiger partial charge in [0.25, 0.3) is 0 Å². The number of nitrogens with one attached hydrogen (secondary N) is 1. The predicted octanol–water partition coefficient (Wildman–Crippen LogP) is 8.23. The fourth-order valence-corrected chi connectivity index (χ4v) is 7.43. The molecule has 3 aliphatic rings. The van der Waals surface area contributed by atoms with Gasteiger partial charge in [-0.3, -0.25) is 14.4 Å². The van der Waals surface area contributed by atoms with Crippen LogP contribution in [-0.4, -0.2) is 22.5 Å². The molecule has 218 valence electrons. The van der Waals surface area contributed by atoms with Crippen LogP contribution in [0.15, 0.2) is 54.1 Å². The van der Waals surface area contributed by atoms with Gasteiger partial charge in [0.05, 0.1) is 5.69 Å². The molecule has 0 spiro atoms. The van der Waals surface area contributed by atoms with E-state index in [9.17, 15) is 14.4 Å². The van der Waals surface area contributed by atoms with Gasteiger partial charge in [-0.2, -0.15) is 0 Å². The van der Waals surface area contributed by atoms with Crippen molar-refractivity contribution in [2.24, 2.45) is 17.8 Å². The van der Waals surface area contributed by atoms with Crippen molar-refractivity contribution in [2.75, 3.05) is 5.32 Å². The third-order valence-electron chi connectivity index (χ3n) is 9.34. The number of hydrogen-bond donors (Lipinski definition) is 1. The van der Waals surface area contributed by atoms with Crippen molar-refractivity contribution in [2.45, 2.75) is 84.5 Å². The van der Waals surface area contributed by atoms with Gasteiger partial charge in [0, 0.05) is 40.7 Å². The Morgan fingerprint density at radius 2 is 1.79 bits per heavy atom. The molecule has 1 saturated carbocycles. The summed E-state index contributed by atoms with van der Waals surface area (Å²) < 4.78 is 0. The Morgan fingerprint density at radius 3 is 2.55 bits per heavy atom. The van der Waals surface area contributed by atoms with Crippen LogP contribution in [-0.2, 0) is 22.4 Å². The molecule has 6 rings (SSSR count). The lowest BCUT2D eigenvalue weighted by molar-refractivity contribution is -0.121. The van der Waals surface area contributed by atoms with Crippen LogP contribution in [0.3, 0.4) is 0 Å². The van der Waals surface area contributed by atoms with Gasteiger partial charge in [0.1, 0.15) is 5.78 Å². The molecule has 0 radical (unpaired) electrons. The number of allylic oxidation sites excluding steroid dienone is 2. The minimum Gasteiger partial charge on any atom is -0.302 e. The molecular formula is C36H40N2O3S. The number of aromatic nitrogens is 1. The molecule has 2 unspecified atom stereocenters. The number of fused-ring (bicyclic) bond motifs is 1. The lowest BCUT2D eigenvalue weighted by Gasteiger charge is -2.24. The molecule has 1 N–H and O–H groups in total. The number of thiazole rings is 1. The molecule has 6 heteroatoms. The first-order valence-electron chi connectivity index (χ1n) is 15.5. The molecule has 0 saturated heterocycles. The first-order chi connectivity index (χ1) is 20.3. The highest BCUT2D eigenvalue weighted by atomic mass is 32.1. The second-order valence-electron chi connectivity index (χ2n) is 12.5. The van der Waals surface area contributed by atoms with Crippen molar-refractivity contribution in [3.05, 3.63) is 81.2 Å². The van der Waals surface area contributed by atoms with E-state index in [2.05, 4.69) is 36.5 Å². The highest BCUT2D eigenvalue weighted by molar-refractivity contribution is 7.16. The molecule has 1 heterocycles. The third kappa shape index (κ3) is 6.64. The molecule has 1 aromatic heterocycles. The van der Waals surface area contributed by atoms with Crippen LogP contribution in [0.5, 0.6) is 0 Å². The van der Waals surface area contributed by atoms with E-state index in [1.807, 2.05) is 31.2 Å². The number of carbonyl (C=O) groups is 3. The van der Waals surface area contributed by atoms with E-state index in [0.717, 1.165) is 91.5 Å². The van der Waals surface area contributed by atoms with Crippen LogP contribution < -0.4 is 5.32 Å². The van der Waals surface area contributed by atoms with Crippen molar-refractivity contribution < 1.29 is 14.4 Å². The Morgan fingerprint density at radius 1 is 0.952 bits per heavy atom. The van der Waals surface area contributed by atoms with Crippen molar-refractivity contribution >= 4 is 33.9 Å². The van der Waals surface area contributed by atoms with Gasteiger partial charge < -0.3 is 5.32 Å². The van der Waals surface area contributed by atoms with Crippen LogP contribution in [0.1, 0.15) is 89.7 Å². The van der Waals surface area contributed by atoms with E-state index in [-0.39, 0.29) is 17.6 Å². The predicted molar refractivity (Wildman–Crippen MR) is 169 cm³/mol. The molecule has 0 bridgehead atoms. The van der Waals surface area contributed by atoms with Crippen molar-refractivity contribution in [1.82, 2.24) is 4.98 Å². The zero-order valence-electron chi connectivity index (χ0n) is 24.7. The molecule has 3 aliphatic carbocycles. The molecule has 1 fully saturated rings. The summed E-state index contributed by atoms with van der Waals surface area (Å²) in [5.41, 5.74) is 7.74. The second kappa shape index (κ2) is 12.5. The average Bonchev–Trinajstić information content (AvgIpc) is 3.79. The van der Waals surface area contributed by atoms with Crippen LogP contribution in [0.25, 0.3) is 11.3 Å². The van der Waals surface area contributed by atoms with Crippen molar-refractivity contribution in [3.63, 3.8) is 0 Å². The Balaban J connectivity index is 1.03. The molecule has 2 atom stereocenters. The van der Waals surface area contributed by atoms with E-state index in [4.69, 9.17) is 4.98 Å². The first kappa shape index (κ1) is 28.7. The minimum atomic E-state index is -0.00274. The highest BCUT2D eigenvalue weighted by Crippen LogP contribution is 2.37. The van der Waals surface area contributed by atoms with E-state index >= 15 is 0 Å². The summed E-state index contributed by atoms with van der Waals surface area (Å²) >= 11 is 1.52. The van der Waals surface area contributed by atoms with Crippen LogP contribution in [0.4, 0.5) is 5.13 Å². The summed E-state index contributed by atoms with van der Waals surface area (Å²) in [7, 11) is 0. The standard InChI is InChI=1S/C36H40N2O3S/c1-22-5-3-4-6-31(22)35(41)30-17-15-27-20-29(16-14-28(27)21-30)34-23(2)42-36(38-34)37-33(40)18-11-24-7-9-25(10-8-24)19-32(39)26-12-13-26/h3-7,14,16,20,25-26,30H,8-13,15,17-19,21H2,1-2H3,(H,37,38,40). The normalized spacial score (nSPS) is 20.0. The maximum atomic E-state index is 13.2. The molecule has 2 aromatic carbocycles. The zero-order valence-corrected chi connectivity index (χ0v) is 25.5. The number of carbonyl (C=O) groups excluding carboxylic acids is 3. The number of anilines is 1. The van der Waals surface area contributed by atoms with E-state index in [0.29, 0.717) is 29.2 Å². The molecule has 42 heavy (non-hydrogen) atoms. The Bertz CT molecular complexity index is 1550. The van der Waals surface area contributed by atoms with Gasteiger partial charge in [-0.1, -0.05) is 48.0 Å². The molecule has 3 aromatic rings. The van der Waals surface area contributed by atoms with Crippen molar-refractivity contribution in [1.29, 1.82) is 0 Å². The number of ketones is 2. The Kier molecular flexibility index (Phi) is 8.53. The Hall–Kier alpha value is -3.38. The largest absolute Gasteiger partial charge is 0.302 e. The average molecular weight is 581 g/mol. The fraction of sp³-hybridized carbons (Fsp3) is 0.444. The summed E-state index contributed by atoms with van der Waals surface area (Å²) in [5, 5.41) is 3.67. The number of nitrogens with zero attached hydrogens (tertiary/aromatic N) is 1. The highest BCUT2D eigenvalue weighted by Gasteiger charge is 2.31. The molecule has 5 nitrogen and oxygen atoms in total. The van der Waals surface area contributed by atoms with Gasteiger partial charge in [0.15, 0.2) is 10.9 Å². The molecular weight excluding hydrogens is 540 g/mol. The summed E-state index contributed by atoms with van der Waals surface area (Å²) in [6.45, 7) is 4.06. The van der Waals surface area contributed by atoms with E-state index < -0.39 is 0 Å². The zero-order chi connectivity index (χ0) is 29.2. The second-order valence-corrected chi connectivity index (χ2v) is 13.7. The number of hydrogen-bond acceptors (Lipinski definition) is 5. The number of Topliss-reactive ketones (excluding diaryl/α,β-unsaturated/α-hetero) is 2. The number of benzene rings is 2. The monoisotopic (exact) mass is 580 g/mol. The van der Waals surface area contributed by atoms with Crippen LogP contribution in [0, 0.1) is 31.6 Å². The van der Waals surface area contributed by atoms with Crippen molar-refractivity contribution in [3.8, 4) is 11.3 Å². The maximum absolute atomic E-state index is 13.2. The summed E-state index contributed by atoms with van der Waals surface area (Å²) in [6, 6.07) is 14.4. The van der Waals surface area contributed by atoms with Gasteiger partial charge in [-0.25, -0.2) is 4.98 Å². The molecule has 1 amide bonds. The van der Waals surface area contributed by atoms with Gasteiger partial charge in [-0.05, 0) is 100 Å². The third-order valence-corrected chi connectivity index (χ3v) is 10.2. The van der Waals surface area contributed by atoms with Gasteiger partial charge in [0.2, 0.25) is 5.91 Å². The first-order valence-corrected chi connectivity index (χ1v) is 16.4. The number of rotatable bonds is 10. The summed E-state index contributed by atoms with van der Waals surface area (Å²) in [6.07, 6.45) is 11.9.